The molecule has 0 aromatic heterocycles. The number of hydrogen-bond acceptors (Lipinski definition) is 2. The lowest BCUT2D eigenvalue weighted by Gasteiger charge is -2.28. The van der Waals surface area contributed by atoms with Gasteiger partial charge >= 0.3 is 0 Å². The summed E-state index contributed by atoms with van der Waals surface area (Å²) in [6.45, 7) is 4.15. The highest BCUT2D eigenvalue weighted by Crippen LogP contribution is 2.28. The molecular weight excluding hydrogens is 232 g/mol. The normalized spacial score (nSPS) is 10.3. The third-order valence-electron chi connectivity index (χ3n) is 3.30. The number of para-hydroxylation sites is 2. The van der Waals surface area contributed by atoms with E-state index in [0.717, 1.165) is 13.1 Å². The number of hydrogen-bond donors (Lipinski definition) is 0. The van der Waals surface area contributed by atoms with Crippen molar-refractivity contribution in [2.75, 3.05) is 30.4 Å². The van der Waals surface area contributed by atoms with Gasteiger partial charge in [-0.15, -0.1) is 0 Å². The zero-order chi connectivity index (χ0) is 13.7. The molecule has 0 saturated carbocycles. The molecular formula is C17H22N2. The minimum Gasteiger partial charge on any atom is -0.376 e. The molecule has 0 saturated heterocycles. The van der Waals surface area contributed by atoms with Gasteiger partial charge in [-0.2, -0.15) is 0 Å². The van der Waals surface area contributed by atoms with Crippen molar-refractivity contribution in [1.29, 1.82) is 0 Å². The summed E-state index contributed by atoms with van der Waals surface area (Å²) in [6.07, 6.45) is 0. The molecule has 0 bridgehead atoms. The van der Waals surface area contributed by atoms with Crippen LogP contribution in [0.1, 0.15) is 12.5 Å². The molecule has 0 N–H and O–H groups in total. The first kappa shape index (κ1) is 13.5. The van der Waals surface area contributed by atoms with Gasteiger partial charge in [0, 0.05) is 27.2 Å². The van der Waals surface area contributed by atoms with Crippen LogP contribution in [0, 0.1) is 0 Å². The SMILES string of the molecule is CCN(Cc1ccccc1)c1ccccc1N(C)C. The van der Waals surface area contributed by atoms with Crippen molar-refractivity contribution in [2.24, 2.45) is 0 Å². The van der Waals surface area contributed by atoms with Crippen LogP contribution in [0.4, 0.5) is 11.4 Å². The zero-order valence-electron chi connectivity index (χ0n) is 12.0. The zero-order valence-corrected chi connectivity index (χ0v) is 12.0. The highest BCUT2D eigenvalue weighted by molar-refractivity contribution is 5.70. The molecule has 0 aliphatic rings. The molecule has 0 radical (unpaired) electrons. The fourth-order valence-corrected chi connectivity index (χ4v) is 2.28. The van der Waals surface area contributed by atoms with E-state index in [1.807, 2.05) is 0 Å². The van der Waals surface area contributed by atoms with Crippen LogP contribution in [0.3, 0.4) is 0 Å². The maximum absolute atomic E-state index is 2.41. The Bertz CT molecular complexity index is 506. The van der Waals surface area contributed by atoms with Gasteiger partial charge in [-0.3, -0.25) is 0 Å². The van der Waals surface area contributed by atoms with E-state index in [2.05, 4.69) is 85.4 Å². The first-order valence-electron chi connectivity index (χ1n) is 6.77. The van der Waals surface area contributed by atoms with Gasteiger partial charge in [-0.05, 0) is 24.6 Å². The fourth-order valence-electron chi connectivity index (χ4n) is 2.28. The molecule has 0 aliphatic heterocycles. The Hall–Kier alpha value is -1.96. The quantitative estimate of drug-likeness (QED) is 0.801. The van der Waals surface area contributed by atoms with Gasteiger partial charge in [0.05, 0.1) is 11.4 Å². The van der Waals surface area contributed by atoms with Crippen molar-refractivity contribution < 1.29 is 0 Å². The Balaban J connectivity index is 2.27. The average Bonchev–Trinajstić information content (AvgIpc) is 2.46. The maximum Gasteiger partial charge on any atom is 0.0606 e. The summed E-state index contributed by atoms with van der Waals surface area (Å²) in [5.41, 5.74) is 3.90. The smallest absolute Gasteiger partial charge is 0.0606 e. The van der Waals surface area contributed by atoms with Crippen molar-refractivity contribution in [1.82, 2.24) is 0 Å². The van der Waals surface area contributed by atoms with Crippen LogP contribution in [-0.4, -0.2) is 20.6 Å². The van der Waals surface area contributed by atoms with E-state index in [0.29, 0.717) is 0 Å². The lowest BCUT2D eigenvalue weighted by molar-refractivity contribution is 0.829. The van der Waals surface area contributed by atoms with Gasteiger partial charge in [0.15, 0.2) is 0 Å². The predicted molar refractivity (Wildman–Crippen MR) is 83.9 cm³/mol. The molecule has 2 heteroatoms. The number of nitrogens with zero attached hydrogens (tertiary/aromatic N) is 2. The van der Waals surface area contributed by atoms with Gasteiger partial charge in [0.2, 0.25) is 0 Å². The number of anilines is 2. The lowest BCUT2D eigenvalue weighted by atomic mass is 10.1. The van der Waals surface area contributed by atoms with Gasteiger partial charge in [-0.1, -0.05) is 42.5 Å². The third kappa shape index (κ3) is 3.28. The summed E-state index contributed by atoms with van der Waals surface area (Å²) < 4.78 is 0. The third-order valence-corrected chi connectivity index (χ3v) is 3.30. The molecule has 0 atom stereocenters. The monoisotopic (exact) mass is 254 g/mol. The van der Waals surface area contributed by atoms with E-state index in [9.17, 15) is 0 Å². The second kappa shape index (κ2) is 6.28. The van der Waals surface area contributed by atoms with Crippen molar-refractivity contribution in [2.45, 2.75) is 13.5 Å². The summed E-state index contributed by atoms with van der Waals surface area (Å²) in [5.74, 6) is 0. The second-order valence-electron chi connectivity index (χ2n) is 4.88. The van der Waals surface area contributed by atoms with Gasteiger partial charge in [-0.25, -0.2) is 0 Å². The topological polar surface area (TPSA) is 6.48 Å². The maximum atomic E-state index is 2.41. The Morgan fingerprint density at radius 1 is 0.789 bits per heavy atom. The molecule has 19 heavy (non-hydrogen) atoms. The minimum atomic E-state index is 0.947. The van der Waals surface area contributed by atoms with Crippen molar-refractivity contribution >= 4 is 11.4 Å². The van der Waals surface area contributed by atoms with Crippen LogP contribution in [0.25, 0.3) is 0 Å². The Morgan fingerprint density at radius 3 is 1.95 bits per heavy atom. The second-order valence-corrected chi connectivity index (χ2v) is 4.88. The molecule has 2 aromatic carbocycles. The summed E-state index contributed by atoms with van der Waals surface area (Å²) >= 11 is 0. The van der Waals surface area contributed by atoms with Crippen LogP contribution in [0.5, 0.6) is 0 Å². The summed E-state index contributed by atoms with van der Waals surface area (Å²) in [7, 11) is 4.18. The summed E-state index contributed by atoms with van der Waals surface area (Å²) in [6, 6.07) is 19.2. The van der Waals surface area contributed by atoms with Crippen LogP contribution < -0.4 is 9.80 Å². The van der Waals surface area contributed by atoms with Crippen molar-refractivity contribution in [3.8, 4) is 0 Å². The molecule has 0 fully saturated rings. The minimum absolute atomic E-state index is 0.947. The average molecular weight is 254 g/mol. The van der Waals surface area contributed by atoms with E-state index in [1.165, 1.54) is 16.9 Å². The van der Waals surface area contributed by atoms with Gasteiger partial charge < -0.3 is 9.80 Å². The molecule has 0 amide bonds. The molecule has 100 valence electrons. The Morgan fingerprint density at radius 2 is 1.37 bits per heavy atom. The van der Waals surface area contributed by atoms with Crippen LogP contribution >= 0.6 is 0 Å². The van der Waals surface area contributed by atoms with E-state index in [4.69, 9.17) is 0 Å². The highest BCUT2D eigenvalue weighted by atomic mass is 15.2. The molecule has 0 aliphatic carbocycles. The molecule has 0 heterocycles. The van der Waals surface area contributed by atoms with Gasteiger partial charge in [0.25, 0.3) is 0 Å². The van der Waals surface area contributed by atoms with Gasteiger partial charge in [0.1, 0.15) is 0 Å². The molecule has 0 spiro atoms. The first-order chi connectivity index (χ1) is 9.22. The first-order valence-corrected chi connectivity index (χ1v) is 6.77. The fraction of sp³-hybridized carbons (Fsp3) is 0.294. The molecule has 2 rings (SSSR count). The predicted octanol–water partition coefficient (Wildman–Crippen LogP) is 3.78. The summed E-state index contributed by atoms with van der Waals surface area (Å²) in [5, 5.41) is 0. The van der Waals surface area contributed by atoms with E-state index < -0.39 is 0 Å². The van der Waals surface area contributed by atoms with Crippen molar-refractivity contribution in [3.63, 3.8) is 0 Å². The molecule has 0 unspecified atom stereocenters. The standard InChI is InChI=1S/C17H22N2/c1-4-19(14-15-10-6-5-7-11-15)17-13-9-8-12-16(17)18(2)3/h5-13H,4,14H2,1-3H3. The van der Waals surface area contributed by atoms with E-state index in [-0.39, 0.29) is 0 Å². The Kier molecular flexibility index (Phi) is 4.45. The van der Waals surface area contributed by atoms with E-state index >= 15 is 0 Å². The lowest BCUT2D eigenvalue weighted by Crippen LogP contribution is -2.24. The molecule has 2 aromatic rings. The number of rotatable bonds is 5. The largest absolute Gasteiger partial charge is 0.376 e. The van der Waals surface area contributed by atoms with Crippen LogP contribution in [0.15, 0.2) is 54.6 Å². The van der Waals surface area contributed by atoms with Crippen LogP contribution in [-0.2, 0) is 6.54 Å². The highest BCUT2D eigenvalue weighted by Gasteiger charge is 2.10. The van der Waals surface area contributed by atoms with Crippen LogP contribution in [0.2, 0.25) is 0 Å². The number of benzene rings is 2. The molecule has 2 nitrogen and oxygen atoms in total. The Labute approximate surface area is 116 Å². The summed E-state index contributed by atoms with van der Waals surface area (Å²) in [4.78, 5) is 4.58. The van der Waals surface area contributed by atoms with E-state index in [1.54, 1.807) is 0 Å². The van der Waals surface area contributed by atoms with Crippen molar-refractivity contribution in [3.05, 3.63) is 60.2 Å².